The molecule has 1 unspecified atom stereocenters. The summed E-state index contributed by atoms with van der Waals surface area (Å²) in [6, 6.07) is 15.5. The summed E-state index contributed by atoms with van der Waals surface area (Å²) in [5.74, 6) is 0.125. The van der Waals surface area contributed by atoms with E-state index in [0.717, 1.165) is 54.5 Å². The van der Waals surface area contributed by atoms with Crippen LogP contribution in [0.15, 0.2) is 59.5 Å². The summed E-state index contributed by atoms with van der Waals surface area (Å²) in [6.07, 6.45) is 3.08. The molecule has 0 aliphatic carbocycles. The maximum absolute atomic E-state index is 12.9. The highest BCUT2D eigenvalue weighted by Crippen LogP contribution is 2.22. The standard InChI is InChI=1S/C26H31N3O5S/c1-19-16-20(23-8-4-5-9-24(23)28-19)18-34-21-10-12-22(13-11-21)35(31,32)27-17-25(26(30)33-2)29-14-6-3-7-15-29/h4-5,8-13,16,25,27H,3,6-7,14-15,17-18H2,1-2H3. The van der Waals surface area contributed by atoms with Crippen molar-refractivity contribution in [1.29, 1.82) is 0 Å². The molecule has 2 heterocycles. The second-order valence-electron chi connectivity index (χ2n) is 8.69. The second-order valence-corrected chi connectivity index (χ2v) is 10.5. The van der Waals surface area contributed by atoms with Crippen LogP contribution in [0.5, 0.6) is 5.75 Å². The number of carbonyl (C=O) groups excluding carboxylic acids is 1. The molecule has 1 N–H and O–H groups in total. The summed E-state index contributed by atoms with van der Waals surface area (Å²) < 4.78 is 39.2. The van der Waals surface area contributed by atoms with Crippen molar-refractivity contribution in [3.05, 3.63) is 65.9 Å². The Labute approximate surface area is 206 Å². The molecule has 186 valence electrons. The van der Waals surface area contributed by atoms with Crippen molar-refractivity contribution in [2.24, 2.45) is 0 Å². The molecule has 4 rings (SSSR count). The van der Waals surface area contributed by atoms with Crippen LogP contribution in [0.25, 0.3) is 10.9 Å². The van der Waals surface area contributed by atoms with Crippen LogP contribution in [0.3, 0.4) is 0 Å². The largest absolute Gasteiger partial charge is 0.489 e. The van der Waals surface area contributed by atoms with E-state index in [9.17, 15) is 13.2 Å². The summed E-state index contributed by atoms with van der Waals surface area (Å²) in [4.78, 5) is 18.9. The van der Waals surface area contributed by atoms with Gasteiger partial charge in [0.15, 0.2) is 0 Å². The van der Waals surface area contributed by atoms with Crippen LogP contribution in [0.1, 0.15) is 30.5 Å². The van der Waals surface area contributed by atoms with Crippen LogP contribution in [0, 0.1) is 6.92 Å². The number of hydrogen-bond acceptors (Lipinski definition) is 7. The van der Waals surface area contributed by atoms with Gasteiger partial charge in [0.1, 0.15) is 18.4 Å². The van der Waals surface area contributed by atoms with Crippen molar-refractivity contribution < 1.29 is 22.7 Å². The van der Waals surface area contributed by atoms with Crippen molar-refractivity contribution >= 4 is 26.9 Å². The molecule has 1 aromatic heterocycles. The Bertz CT molecular complexity index is 1270. The van der Waals surface area contributed by atoms with E-state index in [2.05, 4.69) is 9.71 Å². The quantitative estimate of drug-likeness (QED) is 0.452. The Hall–Kier alpha value is -3.01. The second kappa shape index (κ2) is 11.2. The number of ether oxygens (including phenoxy) is 2. The van der Waals surface area contributed by atoms with E-state index < -0.39 is 22.0 Å². The molecule has 0 saturated carbocycles. The molecular formula is C26H31N3O5S. The number of pyridine rings is 1. The van der Waals surface area contributed by atoms with Crippen LogP contribution in [0.2, 0.25) is 0 Å². The van der Waals surface area contributed by atoms with E-state index in [-0.39, 0.29) is 11.4 Å². The van der Waals surface area contributed by atoms with Crippen LogP contribution in [-0.2, 0) is 26.2 Å². The minimum atomic E-state index is -3.80. The van der Waals surface area contributed by atoms with Crippen LogP contribution < -0.4 is 9.46 Å². The van der Waals surface area contributed by atoms with Crippen molar-refractivity contribution in [3.63, 3.8) is 0 Å². The van der Waals surface area contributed by atoms with Gasteiger partial charge in [-0.25, -0.2) is 13.1 Å². The van der Waals surface area contributed by atoms with E-state index in [1.165, 1.54) is 19.2 Å². The molecule has 1 aliphatic heterocycles. The Morgan fingerprint density at radius 1 is 1.09 bits per heavy atom. The normalized spacial score (nSPS) is 15.6. The molecule has 0 amide bonds. The van der Waals surface area contributed by atoms with Gasteiger partial charge in [0.05, 0.1) is 17.5 Å². The number of methoxy groups -OCH3 is 1. The smallest absolute Gasteiger partial charge is 0.324 e. The predicted octanol–water partition coefficient (Wildman–Crippen LogP) is 3.43. The van der Waals surface area contributed by atoms with Gasteiger partial charge in [0.2, 0.25) is 10.0 Å². The third-order valence-electron chi connectivity index (χ3n) is 6.23. The monoisotopic (exact) mass is 497 g/mol. The number of carbonyl (C=O) groups is 1. The summed E-state index contributed by atoms with van der Waals surface area (Å²) >= 11 is 0. The number of benzene rings is 2. The molecule has 1 atom stereocenters. The first-order valence-electron chi connectivity index (χ1n) is 11.8. The fraction of sp³-hybridized carbons (Fsp3) is 0.385. The van der Waals surface area contributed by atoms with Crippen LogP contribution >= 0.6 is 0 Å². The van der Waals surface area contributed by atoms with Gasteiger partial charge in [-0.3, -0.25) is 14.7 Å². The van der Waals surface area contributed by atoms with Gasteiger partial charge in [-0.1, -0.05) is 24.6 Å². The number of para-hydroxylation sites is 1. The van der Waals surface area contributed by atoms with Gasteiger partial charge >= 0.3 is 5.97 Å². The highest BCUT2D eigenvalue weighted by Gasteiger charge is 2.29. The fourth-order valence-corrected chi connectivity index (χ4v) is 5.43. The minimum absolute atomic E-state index is 0.0400. The maximum Gasteiger partial charge on any atom is 0.324 e. The zero-order chi connectivity index (χ0) is 24.8. The molecule has 1 saturated heterocycles. The summed E-state index contributed by atoms with van der Waals surface area (Å²) in [5.41, 5.74) is 2.83. The van der Waals surface area contributed by atoms with Gasteiger partial charge in [-0.2, -0.15) is 0 Å². The lowest BCUT2D eigenvalue weighted by atomic mass is 10.1. The number of likely N-dealkylation sites (tertiary alicyclic amines) is 1. The highest BCUT2D eigenvalue weighted by atomic mass is 32.2. The first kappa shape index (κ1) is 25.1. The lowest BCUT2D eigenvalue weighted by Crippen LogP contribution is -2.50. The Kier molecular flexibility index (Phi) is 8.00. The van der Waals surface area contributed by atoms with Crippen molar-refractivity contribution in [2.45, 2.75) is 43.7 Å². The number of esters is 1. The van der Waals surface area contributed by atoms with Gasteiger partial charge < -0.3 is 9.47 Å². The molecular weight excluding hydrogens is 466 g/mol. The zero-order valence-corrected chi connectivity index (χ0v) is 20.9. The number of aromatic nitrogens is 1. The predicted molar refractivity (Wildman–Crippen MR) is 134 cm³/mol. The Morgan fingerprint density at radius 2 is 1.80 bits per heavy atom. The number of aryl methyl sites for hydroxylation is 1. The number of piperidine rings is 1. The summed E-state index contributed by atoms with van der Waals surface area (Å²) in [6.45, 7) is 3.74. The van der Waals surface area contributed by atoms with Gasteiger partial charge in [-0.05, 0) is 69.3 Å². The third-order valence-corrected chi connectivity index (χ3v) is 7.67. The average molecular weight is 498 g/mol. The molecule has 0 spiro atoms. The molecule has 35 heavy (non-hydrogen) atoms. The van der Waals surface area contributed by atoms with Gasteiger partial charge in [0, 0.05) is 23.2 Å². The molecule has 0 radical (unpaired) electrons. The number of nitrogens with zero attached hydrogens (tertiary/aromatic N) is 2. The van der Waals surface area contributed by atoms with Crippen molar-refractivity contribution in [3.8, 4) is 5.75 Å². The van der Waals surface area contributed by atoms with E-state index in [1.807, 2.05) is 42.2 Å². The van der Waals surface area contributed by atoms with E-state index in [4.69, 9.17) is 9.47 Å². The van der Waals surface area contributed by atoms with Crippen molar-refractivity contribution in [1.82, 2.24) is 14.6 Å². The number of rotatable bonds is 9. The molecule has 1 aliphatic rings. The summed E-state index contributed by atoms with van der Waals surface area (Å²) in [7, 11) is -2.48. The summed E-state index contributed by atoms with van der Waals surface area (Å²) in [5, 5.41) is 1.02. The number of hydrogen-bond donors (Lipinski definition) is 1. The average Bonchev–Trinajstić information content (AvgIpc) is 2.88. The van der Waals surface area contributed by atoms with Gasteiger partial charge in [-0.15, -0.1) is 0 Å². The van der Waals surface area contributed by atoms with E-state index in [1.54, 1.807) is 12.1 Å². The first-order chi connectivity index (χ1) is 16.9. The third kappa shape index (κ3) is 6.17. The fourth-order valence-electron chi connectivity index (χ4n) is 4.39. The molecule has 1 fully saturated rings. The van der Waals surface area contributed by atoms with E-state index in [0.29, 0.717) is 12.4 Å². The lowest BCUT2D eigenvalue weighted by molar-refractivity contribution is -0.147. The number of fused-ring (bicyclic) bond motifs is 1. The lowest BCUT2D eigenvalue weighted by Gasteiger charge is -2.32. The minimum Gasteiger partial charge on any atom is -0.489 e. The van der Waals surface area contributed by atoms with Crippen LogP contribution in [-0.4, -0.2) is 57.1 Å². The molecule has 9 heteroatoms. The first-order valence-corrected chi connectivity index (χ1v) is 13.3. The Balaban J connectivity index is 1.41. The zero-order valence-electron chi connectivity index (χ0n) is 20.1. The Morgan fingerprint density at radius 3 is 2.51 bits per heavy atom. The molecule has 8 nitrogen and oxygen atoms in total. The highest BCUT2D eigenvalue weighted by molar-refractivity contribution is 7.89. The number of nitrogens with one attached hydrogen (secondary N) is 1. The van der Waals surface area contributed by atoms with Gasteiger partial charge in [0.25, 0.3) is 0 Å². The molecule has 0 bridgehead atoms. The maximum atomic E-state index is 12.9. The van der Waals surface area contributed by atoms with E-state index >= 15 is 0 Å². The molecule has 3 aromatic rings. The molecule has 2 aromatic carbocycles. The van der Waals surface area contributed by atoms with Crippen LogP contribution in [0.4, 0.5) is 0 Å². The number of sulfonamides is 1. The SMILES string of the molecule is COC(=O)C(CNS(=O)(=O)c1ccc(OCc2cc(C)nc3ccccc23)cc1)N1CCCCC1. The topological polar surface area (TPSA) is 97.8 Å². The van der Waals surface area contributed by atoms with Crippen molar-refractivity contribution in [2.75, 3.05) is 26.7 Å².